The van der Waals surface area contributed by atoms with Crippen molar-refractivity contribution in [3.63, 3.8) is 0 Å². The van der Waals surface area contributed by atoms with Crippen molar-refractivity contribution >= 4 is 0 Å². The van der Waals surface area contributed by atoms with Crippen molar-refractivity contribution in [2.45, 2.75) is 45.3 Å². The Labute approximate surface area is 135 Å². The maximum Gasteiger partial charge on any atom is 0.0704 e. The lowest BCUT2D eigenvalue weighted by Crippen LogP contribution is -2.25. The van der Waals surface area contributed by atoms with Crippen LogP contribution in [0, 0.1) is 0 Å². The summed E-state index contributed by atoms with van der Waals surface area (Å²) < 4.78 is 16.6. The van der Waals surface area contributed by atoms with E-state index in [0.29, 0.717) is 39.4 Å². The first-order valence-corrected chi connectivity index (χ1v) is 8.51. The molecule has 0 radical (unpaired) electrons. The van der Waals surface area contributed by atoms with Crippen molar-refractivity contribution in [3.05, 3.63) is 0 Å². The zero-order valence-electron chi connectivity index (χ0n) is 14.6. The highest BCUT2D eigenvalue weighted by molar-refractivity contribution is 4.56. The van der Waals surface area contributed by atoms with Crippen LogP contribution in [-0.2, 0) is 14.2 Å². The van der Waals surface area contributed by atoms with Crippen LogP contribution in [0.3, 0.4) is 0 Å². The van der Waals surface area contributed by atoms with Gasteiger partial charge in [0.1, 0.15) is 0 Å². The number of rotatable bonds is 17. The molecule has 0 saturated heterocycles. The van der Waals surface area contributed by atoms with Gasteiger partial charge in [-0.25, -0.2) is 0 Å². The fourth-order valence-electron chi connectivity index (χ4n) is 1.85. The third-order valence-corrected chi connectivity index (χ3v) is 3.18. The normalized spacial score (nSPS) is 14.2. The van der Waals surface area contributed by atoms with E-state index < -0.39 is 0 Å². The van der Waals surface area contributed by atoms with E-state index >= 15 is 0 Å². The number of likely N-dealkylation sites (N-methyl/N-ethyl adjacent to an activating group) is 1. The third kappa shape index (κ3) is 16.1. The minimum absolute atomic E-state index is 0.170. The molecule has 0 aliphatic rings. The standard InChI is InChI=1S/C16H36N2O4/c1-4-7-18-8-11-21-12-13-22-15(2)5-9-20-10-6-16(19)14-17-3/h15-19H,4-14H2,1-3H3. The molecule has 0 aliphatic heterocycles. The van der Waals surface area contributed by atoms with Gasteiger partial charge in [0, 0.05) is 26.3 Å². The van der Waals surface area contributed by atoms with Crippen LogP contribution in [0.5, 0.6) is 0 Å². The van der Waals surface area contributed by atoms with E-state index in [2.05, 4.69) is 17.6 Å². The molecular weight excluding hydrogens is 284 g/mol. The average molecular weight is 320 g/mol. The summed E-state index contributed by atoms with van der Waals surface area (Å²) in [5.41, 5.74) is 0. The summed E-state index contributed by atoms with van der Waals surface area (Å²) in [5.74, 6) is 0. The van der Waals surface area contributed by atoms with Gasteiger partial charge in [-0.2, -0.15) is 0 Å². The minimum Gasteiger partial charge on any atom is -0.392 e. The molecule has 0 rings (SSSR count). The van der Waals surface area contributed by atoms with Crippen molar-refractivity contribution in [2.75, 3.05) is 59.7 Å². The van der Waals surface area contributed by atoms with Crippen molar-refractivity contribution < 1.29 is 19.3 Å². The highest BCUT2D eigenvalue weighted by Crippen LogP contribution is 1.99. The summed E-state index contributed by atoms with van der Waals surface area (Å²) in [6.07, 6.45) is 2.51. The van der Waals surface area contributed by atoms with E-state index in [1.54, 1.807) is 0 Å². The Balaban J connectivity index is 3.21. The van der Waals surface area contributed by atoms with Crippen LogP contribution in [0.25, 0.3) is 0 Å². The molecule has 0 spiro atoms. The first-order chi connectivity index (χ1) is 10.7. The maximum absolute atomic E-state index is 9.51. The lowest BCUT2D eigenvalue weighted by atomic mass is 10.2. The van der Waals surface area contributed by atoms with E-state index in [9.17, 15) is 5.11 Å². The summed E-state index contributed by atoms with van der Waals surface area (Å²) in [7, 11) is 1.83. The van der Waals surface area contributed by atoms with E-state index in [-0.39, 0.29) is 12.2 Å². The predicted octanol–water partition coefficient (Wildman–Crippen LogP) is 0.785. The zero-order valence-corrected chi connectivity index (χ0v) is 14.6. The molecule has 2 unspecified atom stereocenters. The molecule has 134 valence electrons. The van der Waals surface area contributed by atoms with Crippen LogP contribution in [0.2, 0.25) is 0 Å². The SMILES string of the molecule is CCCNCCOCCOC(C)CCOCCC(O)CNC. The third-order valence-electron chi connectivity index (χ3n) is 3.18. The fourth-order valence-corrected chi connectivity index (χ4v) is 1.85. The second-order valence-corrected chi connectivity index (χ2v) is 5.45. The largest absolute Gasteiger partial charge is 0.392 e. The van der Waals surface area contributed by atoms with Gasteiger partial charge >= 0.3 is 0 Å². The minimum atomic E-state index is -0.331. The number of aliphatic hydroxyl groups excluding tert-OH is 1. The first kappa shape index (κ1) is 21.8. The Bertz CT molecular complexity index is 220. The molecule has 6 nitrogen and oxygen atoms in total. The number of aliphatic hydroxyl groups is 1. The van der Waals surface area contributed by atoms with E-state index in [1.165, 1.54) is 0 Å². The molecule has 0 bridgehead atoms. The Morgan fingerprint density at radius 2 is 1.68 bits per heavy atom. The molecule has 0 aromatic carbocycles. The van der Waals surface area contributed by atoms with Crippen LogP contribution in [0.1, 0.15) is 33.1 Å². The topological polar surface area (TPSA) is 72.0 Å². The summed E-state index contributed by atoms with van der Waals surface area (Å²) in [5, 5.41) is 15.7. The molecule has 0 fully saturated rings. The molecule has 0 heterocycles. The number of ether oxygens (including phenoxy) is 3. The van der Waals surface area contributed by atoms with E-state index in [0.717, 1.165) is 32.5 Å². The van der Waals surface area contributed by atoms with Crippen LogP contribution < -0.4 is 10.6 Å². The second-order valence-electron chi connectivity index (χ2n) is 5.45. The summed E-state index contributed by atoms with van der Waals surface area (Å²) in [6.45, 7) is 9.98. The highest BCUT2D eigenvalue weighted by Gasteiger charge is 2.04. The molecule has 3 N–H and O–H groups in total. The highest BCUT2D eigenvalue weighted by atomic mass is 16.5. The fraction of sp³-hybridized carbons (Fsp3) is 1.00. The molecule has 0 amide bonds. The van der Waals surface area contributed by atoms with Crippen LogP contribution >= 0.6 is 0 Å². The maximum atomic E-state index is 9.51. The average Bonchev–Trinajstić information content (AvgIpc) is 2.50. The molecule has 22 heavy (non-hydrogen) atoms. The van der Waals surface area contributed by atoms with Crippen LogP contribution in [0.15, 0.2) is 0 Å². The predicted molar refractivity (Wildman–Crippen MR) is 89.4 cm³/mol. The Kier molecular flexibility index (Phi) is 16.9. The van der Waals surface area contributed by atoms with Gasteiger partial charge in [0.2, 0.25) is 0 Å². The number of nitrogens with one attached hydrogen (secondary N) is 2. The summed E-state index contributed by atoms with van der Waals surface area (Å²) in [6, 6.07) is 0. The quantitative estimate of drug-likeness (QED) is 0.344. The number of hydrogen-bond donors (Lipinski definition) is 3. The molecule has 0 aromatic rings. The van der Waals surface area contributed by atoms with Crippen LogP contribution in [-0.4, -0.2) is 77.0 Å². The molecule has 0 aromatic heterocycles. The van der Waals surface area contributed by atoms with Crippen molar-refractivity contribution in [1.82, 2.24) is 10.6 Å². The van der Waals surface area contributed by atoms with Gasteiger partial charge in [-0.1, -0.05) is 6.92 Å². The molecule has 0 aliphatic carbocycles. The number of hydrogen-bond acceptors (Lipinski definition) is 6. The summed E-state index contributed by atoms with van der Waals surface area (Å²) >= 11 is 0. The van der Waals surface area contributed by atoms with Gasteiger partial charge in [-0.3, -0.25) is 0 Å². The van der Waals surface area contributed by atoms with Crippen molar-refractivity contribution in [3.8, 4) is 0 Å². The Hall–Kier alpha value is -0.240. The van der Waals surface area contributed by atoms with Crippen molar-refractivity contribution in [1.29, 1.82) is 0 Å². The van der Waals surface area contributed by atoms with Crippen molar-refractivity contribution in [2.24, 2.45) is 0 Å². The zero-order chi connectivity index (χ0) is 16.5. The van der Waals surface area contributed by atoms with Gasteiger partial charge in [0.25, 0.3) is 0 Å². The van der Waals surface area contributed by atoms with Crippen LogP contribution in [0.4, 0.5) is 0 Å². The molecule has 6 heteroatoms. The lowest BCUT2D eigenvalue weighted by molar-refractivity contribution is -0.00529. The van der Waals surface area contributed by atoms with Gasteiger partial charge in [0.05, 0.1) is 32.0 Å². The van der Waals surface area contributed by atoms with Gasteiger partial charge < -0.3 is 30.0 Å². The monoisotopic (exact) mass is 320 g/mol. The first-order valence-electron chi connectivity index (χ1n) is 8.51. The van der Waals surface area contributed by atoms with E-state index in [4.69, 9.17) is 14.2 Å². The molecular formula is C16H36N2O4. The van der Waals surface area contributed by atoms with Gasteiger partial charge in [0.15, 0.2) is 0 Å². The smallest absolute Gasteiger partial charge is 0.0704 e. The van der Waals surface area contributed by atoms with E-state index in [1.807, 2.05) is 14.0 Å². The van der Waals surface area contributed by atoms with Gasteiger partial charge in [-0.15, -0.1) is 0 Å². The Morgan fingerprint density at radius 1 is 0.955 bits per heavy atom. The molecule has 0 saturated carbocycles. The lowest BCUT2D eigenvalue weighted by Gasteiger charge is -2.14. The van der Waals surface area contributed by atoms with Gasteiger partial charge in [-0.05, 0) is 39.8 Å². The molecule has 2 atom stereocenters. The second kappa shape index (κ2) is 17.1. The summed E-state index contributed by atoms with van der Waals surface area (Å²) in [4.78, 5) is 0. The Morgan fingerprint density at radius 3 is 2.41 bits per heavy atom.